The van der Waals surface area contributed by atoms with Gasteiger partial charge in [-0.3, -0.25) is 14.5 Å². The zero-order valence-electron chi connectivity index (χ0n) is 17.6. The van der Waals surface area contributed by atoms with Crippen LogP contribution in [0, 0.1) is 0 Å². The predicted octanol–water partition coefficient (Wildman–Crippen LogP) is 1.74. The molecule has 164 valence electrons. The van der Waals surface area contributed by atoms with Crippen LogP contribution in [0.5, 0.6) is 11.5 Å². The summed E-state index contributed by atoms with van der Waals surface area (Å²) in [6.45, 7) is 2.87. The Bertz CT molecular complexity index is 857. The second-order valence-electron chi connectivity index (χ2n) is 6.69. The lowest BCUT2D eigenvalue weighted by Gasteiger charge is -2.35. The van der Waals surface area contributed by atoms with E-state index in [1.165, 1.54) is 0 Å². The van der Waals surface area contributed by atoms with Crippen molar-refractivity contribution in [2.45, 2.75) is 6.42 Å². The first-order chi connectivity index (χ1) is 14.1. The van der Waals surface area contributed by atoms with Gasteiger partial charge in [-0.15, -0.1) is 24.0 Å². The Morgan fingerprint density at radius 2 is 2.10 bits per heavy atom. The normalized spacial score (nSPS) is 14.4. The number of benzene rings is 1. The van der Waals surface area contributed by atoms with E-state index in [1.54, 1.807) is 29.9 Å². The first kappa shape index (κ1) is 23.8. The molecular weight excluding hydrogens is 499 g/mol. The molecule has 10 heteroatoms. The SMILES string of the molecule is CN=C(NCCCOc1cccc(OC)c1)N1CCN(c2cnn(C)c2)C(=O)C1.I. The Morgan fingerprint density at radius 1 is 1.30 bits per heavy atom. The molecule has 0 atom stereocenters. The van der Waals surface area contributed by atoms with Crippen molar-refractivity contribution in [3.63, 3.8) is 0 Å². The van der Waals surface area contributed by atoms with Crippen LogP contribution in [0.1, 0.15) is 6.42 Å². The summed E-state index contributed by atoms with van der Waals surface area (Å²) in [5.74, 6) is 2.32. The molecule has 30 heavy (non-hydrogen) atoms. The topological polar surface area (TPSA) is 84.2 Å². The number of aliphatic imine (C=N–C) groups is 1. The van der Waals surface area contributed by atoms with Gasteiger partial charge in [-0.1, -0.05) is 6.07 Å². The van der Waals surface area contributed by atoms with E-state index in [9.17, 15) is 4.79 Å². The highest BCUT2D eigenvalue weighted by Crippen LogP contribution is 2.19. The van der Waals surface area contributed by atoms with Crippen molar-refractivity contribution in [3.8, 4) is 11.5 Å². The number of amides is 1. The van der Waals surface area contributed by atoms with Gasteiger partial charge < -0.3 is 24.6 Å². The molecule has 2 aromatic rings. The van der Waals surface area contributed by atoms with Crippen molar-refractivity contribution in [3.05, 3.63) is 36.7 Å². The van der Waals surface area contributed by atoms with E-state index in [1.807, 2.05) is 42.4 Å². The van der Waals surface area contributed by atoms with Crippen molar-refractivity contribution in [2.75, 3.05) is 51.8 Å². The molecule has 1 aliphatic rings. The molecule has 0 spiro atoms. The maximum Gasteiger partial charge on any atom is 0.246 e. The fourth-order valence-corrected chi connectivity index (χ4v) is 3.16. The number of aromatic nitrogens is 2. The molecule has 0 saturated carbocycles. The fourth-order valence-electron chi connectivity index (χ4n) is 3.16. The molecule has 1 amide bonds. The van der Waals surface area contributed by atoms with Gasteiger partial charge in [-0.25, -0.2) is 0 Å². The highest BCUT2D eigenvalue weighted by atomic mass is 127. The smallest absolute Gasteiger partial charge is 0.246 e. The van der Waals surface area contributed by atoms with Gasteiger partial charge in [-0.2, -0.15) is 5.10 Å². The van der Waals surface area contributed by atoms with E-state index >= 15 is 0 Å². The van der Waals surface area contributed by atoms with Gasteiger partial charge in [0.25, 0.3) is 0 Å². The zero-order chi connectivity index (χ0) is 20.6. The average molecular weight is 528 g/mol. The van der Waals surface area contributed by atoms with Gasteiger partial charge in [0.15, 0.2) is 5.96 Å². The molecule has 0 unspecified atom stereocenters. The molecular formula is C20H29IN6O3. The van der Waals surface area contributed by atoms with E-state index in [0.717, 1.165) is 29.6 Å². The van der Waals surface area contributed by atoms with Gasteiger partial charge in [0.2, 0.25) is 5.91 Å². The van der Waals surface area contributed by atoms with E-state index in [2.05, 4.69) is 15.4 Å². The monoisotopic (exact) mass is 528 g/mol. The molecule has 0 aliphatic carbocycles. The van der Waals surface area contributed by atoms with Crippen LogP contribution in [-0.4, -0.2) is 73.5 Å². The van der Waals surface area contributed by atoms with E-state index < -0.39 is 0 Å². The number of carbonyl (C=O) groups excluding carboxylic acids is 1. The number of halogens is 1. The third-order valence-electron chi connectivity index (χ3n) is 4.65. The van der Waals surface area contributed by atoms with Crippen LogP contribution in [0.15, 0.2) is 41.7 Å². The standard InChI is InChI=1S/C20H28N6O3.HI/c1-21-20(22-8-5-11-29-18-7-4-6-17(12-18)28-3)25-9-10-26(19(27)15-25)16-13-23-24(2)14-16;/h4,6-7,12-14H,5,8-11,15H2,1-3H3,(H,21,22);1H. The Kier molecular flexibility index (Phi) is 9.21. The fraction of sp³-hybridized carbons (Fsp3) is 0.450. The minimum atomic E-state index is 0. The minimum Gasteiger partial charge on any atom is -0.497 e. The molecule has 2 heterocycles. The van der Waals surface area contributed by atoms with Gasteiger partial charge in [0, 0.05) is 46.0 Å². The molecule has 1 aromatic carbocycles. The molecule has 3 rings (SSSR count). The van der Waals surface area contributed by atoms with Gasteiger partial charge in [-0.05, 0) is 18.6 Å². The Morgan fingerprint density at radius 3 is 2.77 bits per heavy atom. The summed E-state index contributed by atoms with van der Waals surface area (Å²) in [7, 11) is 5.21. The number of aryl methyl sites for hydroxylation is 1. The predicted molar refractivity (Wildman–Crippen MR) is 127 cm³/mol. The molecule has 0 radical (unpaired) electrons. The lowest BCUT2D eigenvalue weighted by Crippen LogP contribution is -2.55. The molecule has 1 aliphatic heterocycles. The zero-order valence-corrected chi connectivity index (χ0v) is 19.9. The van der Waals surface area contributed by atoms with Gasteiger partial charge >= 0.3 is 0 Å². The summed E-state index contributed by atoms with van der Waals surface area (Å²) < 4.78 is 12.6. The van der Waals surface area contributed by atoms with E-state index in [4.69, 9.17) is 9.47 Å². The summed E-state index contributed by atoms with van der Waals surface area (Å²) in [6.07, 6.45) is 4.37. The third kappa shape index (κ3) is 6.25. The summed E-state index contributed by atoms with van der Waals surface area (Å²) in [5, 5.41) is 7.45. The van der Waals surface area contributed by atoms with Crippen molar-refractivity contribution in [2.24, 2.45) is 12.0 Å². The Hall–Kier alpha value is -2.50. The number of nitrogens with one attached hydrogen (secondary N) is 1. The molecule has 1 fully saturated rings. The number of rotatable bonds is 7. The minimum absolute atomic E-state index is 0. The summed E-state index contributed by atoms with van der Waals surface area (Å²) >= 11 is 0. The van der Waals surface area contributed by atoms with Gasteiger partial charge in [0.05, 0.1) is 25.6 Å². The summed E-state index contributed by atoms with van der Waals surface area (Å²) in [5.41, 5.74) is 0.829. The number of anilines is 1. The number of methoxy groups -OCH3 is 1. The van der Waals surface area contributed by atoms with Crippen LogP contribution in [0.4, 0.5) is 5.69 Å². The molecule has 1 N–H and O–H groups in total. The van der Waals surface area contributed by atoms with E-state index in [-0.39, 0.29) is 36.4 Å². The quantitative estimate of drug-likeness (QED) is 0.255. The van der Waals surface area contributed by atoms with Crippen molar-refractivity contribution >= 4 is 41.5 Å². The lowest BCUT2D eigenvalue weighted by atomic mass is 10.3. The summed E-state index contributed by atoms with van der Waals surface area (Å²) in [6, 6.07) is 7.55. The number of ether oxygens (including phenoxy) is 2. The number of hydrogen-bond donors (Lipinski definition) is 1. The summed E-state index contributed by atoms with van der Waals surface area (Å²) in [4.78, 5) is 20.6. The first-order valence-electron chi connectivity index (χ1n) is 9.62. The number of nitrogens with zero attached hydrogens (tertiary/aromatic N) is 5. The molecule has 1 saturated heterocycles. The highest BCUT2D eigenvalue weighted by molar-refractivity contribution is 14.0. The largest absolute Gasteiger partial charge is 0.497 e. The van der Waals surface area contributed by atoms with E-state index in [0.29, 0.717) is 26.2 Å². The molecule has 9 nitrogen and oxygen atoms in total. The average Bonchev–Trinajstić information content (AvgIpc) is 3.16. The lowest BCUT2D eigenvalue weighted by molar-refractivity contribution is -0.120. The number of hydrogen-bond acceptors (Lipinski definition) is 5. The van der Waals surface area contributed by atoms with Crippen LogP contribution in [0.25, 0.3) is 0 Å². The highest BCUT2D eigenvalue weighted by Gasteiger charge is 2.27. The molecule has 0 bridgehead atoms. The maximum absolute atomic E-state index is 12.6. The number of guanidine groups is 1. The maximum atomic E-state index is 12.6. The van der Waals surface area contributed by atoms with Crippen molar-refractivity contribution in [1.29, 1.82) is 0 Å². The number of carbonyl (C=O) groups is 1. The molecule has 1 aromatic heterocycles. The van der Waals surface area contributed by atoms with Gasteiger partial charge in [0.1, 0.15) is 18.0 Å². The van der Waals surface area contributed by atoms with Crippen molar-refractivity contribution in [1.82, 2.24) is 20.0 Å². The first-order valence-corrected chi connectivity index (χ1v) is 9.62. The second-order valence-corrected chi connectivity index (χ2v) is 6.69. The van der Waals surface area contributed by atoms with Crippen LogP contribution >= 0.6 is 24.0 Å². The second kappa shape index (κ2) is 11.6. The van der Waals surface area contributed by atoms with Crippen LogP contribution < -0.4 is 19.7 Å². The third-order valence-corrected chi connectivity index (χ3v) is 4.65. The van der Waals surface area contributed by atoms with Crippen molar-refractivity contribution < 1.29 is 14.3 Å². The Balaban J connectivity index is 0.00000320. The van der Waals surface area contributed by atoms with Crippen LogP contribution in [0.2, 0.25) is 0 Å². The van der Waals surface area contributed by atoms with Crippen LogP contribution in [0.3, 0.4) is 0 Å². The van der Waals surface area contributed by atoms with Crippen LogP contribution in [-0.2, 0) is 11.8 Å². The Labute approximate surface area is 194 Å². The number of piperazine rings is 1.